The fourth-order valence-electron chi connectivity index (χ4n) is 3.20. The maximum absolute atomic E-state index is 10.8. The lowest BCUT2D eigenvalue weighted by Crippen LogP contribution is -2.46. The van der Waals surface area contributed by atoms with Crippen LogP contribution in [0, 0.1) is 10.1 Å². The van der Waals surface area contributed by atoms with Gasteiger partial charge < -0.3 is 4.90 Å². The second-order valence-corrected chi connectivity index (χ2v) is 6.19. The van der Waals surface area contributed by atoms with Crippen molar-refractivity contribution in [3.8, 4) is 0 Å². The number of benzene rings is 2. The van der Waals surface area contributed by atoms with Gasteiger partial charge >= 0.3 is 0 Å². The van der Waals surface area contributed by atoms with E-state index in [0.29, 0.717) is 0 Å². The second kappa shape index (κ2) is 7.93. The molecule has 0 amide bonds. The van der Waals surface area contributed by atoms with E-state index < -0.39 is 0 Å². The van der Waals surface area contributed by atoms with Gasteiger partial charge in [0.15, 0.2) is 0 Å². The largest absolute Gasteiger partial charge is 0.369 e. The molecular weight excluding hydrogens is 302 g/mol. The molecule has 2 aromatic carbocycles. The first-order valence-electron chi connectivity index (χ1n) is 8.48. The number of anilines is 1. The van der Waals surface area contributed by atoms with Gasteiger partial charge in [0.2, 0.25) is 0 Å². The van der Waals surface area contributed by atoms with Gasteiger partial charge in [-0.15, -0.1) is 0 Å². The van der Waals surface area contributed by atoms with Crippen molar-refractivity contribution in [2.24, 2.45) is 0 Å². The average molecular weight is 325 g/mol. The maximum Gasteiger partial charge on any atom is 0.269 e. The number of nitro groups is 1. The molecule has 0 aliphatic carbocycles. The first-order chi connectivity index (χ1) is 11.7. The van der Waals surface area contributed by atoms with Crippen molar-refractivity contribution in [1.82, 2.24) is 4.90 Å². The predicted molar refractivity (Wildman–Crippen MR) is 96.5 cm³/mol. The molecule has 0 spiro atoms. The highest BCUT2D eigenvalue weighted by atomic mass is 16.6. The summed E-state index contributed by atoms with van der Waals surface area (Å²) in [7, 11) is 0. The summed E-state index contributed by atoms with van der Waals surface area (Å²) in [6.45, 7) is 5.31. The number of nitrogens with zero attached hydrogens (tertiary/aromatic N) is 3. The van der Waals surface area contributed by atoms with Gasteiger partial charge in [-0.2, -0.15) is 0 Å². The fourth-order valence-corrected chi connectivity index (χ4v) is 3.20. The molecule has 126 valence electrons. The van der Waals surface area contributed by atoms with Crippen molar-refractivity contribution < 1.29 is 4.92 Å². The van der Waals surface area contributed by atoms with E-state index >= 15 is 0 Å². The van der Waals surface area contributed by atoms with Crippen LogP contribution in [-0.4, -0.2) is 42.5 Å². The van der Waals surface area contributed by atoms with Crippen molar-refractivity contribution in [2.75, 3.05) is 37.6 Å². The summed E-state index contributed by atoms with van der Waals surface area (Å²) >= 11 is 0. The zero-order valence-corrected chi connectivity index (χ0v) is 13.8. The quantitative estimate of drug-likeness (QED) is 0.604. The van der Waals surface area contributed by atoms with E-state index in [1.165, 1.54) is 5.69 Å². The highest BCUT2D eigenvalue weighted by Crippen LogP contribution is 2.17. The maximum atomic E-state index is 10.8. The molecule has 24 heavy (non-hydrogen) atoms. The number of rotatable bonds is 6. The second-order valence-electron chi connectivity index (χ2n) is 6.19. The van der Waals surface area contributed by atoms with Crippen LogP contribution in [0.25, 0.3) is 0 Å². The first-order valence-corrected chi connectivity index (χ1v) is 8.48. The monoisotopic (exact) mass is 325 g/mol. The van der Waals surface area contributed by atoms with Crippen LogP contribution < -0.4 is 4.90 Å². The molecule has 1 fully saturated rings. The number of non-ortho nitro benzene ring substituents is 1. The summed E-state index contributed by atoms with van der Waals surface area (Å²) in [5.41, 5.74) is 2.53. The number of aryl methyl sites for hydroxylation is 1. The molecular formula is C19H23N3O2. The van der Waals surface area contributed by atoms with Gasteiger partial charge in [0.25, 0.3) is 5.69 Å². The summed E-state index contributed by atoms with van der Waals surface area (Å²) in [5.74, 6) is 0. The molecule has 3 rings (SSSR count). The van der Waals surface area contributed by atoms with Gasteiger partial charge in [0.05, 0.1) is 4.92 Å². The van der Waals surface area contributed by atoms with E-state index in [-0.39, 0.29) is 10.6 Å². The minimum atomic E-state index is -0.327. The van der Waals surface area contributed by atoms with E-state index in [1.54, 1.807) is 18.2 Å². The Hall–Kier alpha value is -2.40. The normalized spacial score (nSPS) is 15.4. The molecule has 1 saturated heterocycles. The Balaban J connectivity index is 1.42. The fraction of sp³-hybridized carbons (Fsp3) is 0.368. The summed E-state index contributed by atoms with van der Waals surface area (Å²) in [5, 5.41) is 10.8. The number of para-hydroxylation sites is 1. The van der Waals surface area contributed by atoms with E-state index in [0.717, 1.165) is 51.1 Å². The summed E-state index contributed by atoms with van der Waals surface area (Å²) in [6, 6.07) is 17.5. The Labute approximate surface area is 142 Å². The Bertz CT molecular complexity index is 667. The van der Waals surface area contributed by atoms with Crippen molar-refractivity contribution in [3.05, 3.63) is 70.3 Å². The Morgan fingerprint density at radius 3 is 2.42 bits per heavy atom. The van der Waals surface area contributed by atoms with E-state index in [9.17, 15) is 10.1 Å². The summed E-state index contributed by atoms with van der Waals surface area (Å²) in [6.07, 6.45) is 1.92. The topological polar surface area (TPSA) is 49.6 Å². The lowest BCUT2D eigenvalue weighted by Gasteiger charge is -2.36. The van der Waals surface area contributed by atoms with E-state index in [2.05, 4.69) is 34.1 Å². The van der Waals surface area contributed by atoms with Crippen LogP contribution in [0.15, 0.2) is 54.6 Å². The molecule has 5 heteroatoms. The van der Waals surface area contributed by atoms with Crippen LogP contribution in [-0.2, 0) is 6.42 Å². The van der Waals surface area contributed by atoms with Crippen LogP contribution in [0.5, 0.6) is 0 Å². The van der Waals surface area contributed by atoms with Gasteiger partial charge in [-0.05, 0) is 37.1 Å². The number of nitro benzene ring substituents is 1. The van der Waals surface area contributed by atoms with E-state index in [4.69, 9.17) is 0 Å². The zero-order valence-electron chi connectivity index (χ0n) is 13.8. The van der Waals surface area contributed by atoms with Gasteiger partial charge in [-0.3, -0.25) is 15.0 Å². The van der Waals surface area contributed by atoms with Crippen LogP contribution in [0.3, 0.4) is 0 Å². The Morgan fingerprint density at radius 1 is 0.958 bits per heavy atom. The van der Waals surface area contributed by atoms with E-state index in [1.807, 2.05) is 12.1 Å². The smallest absolute Gasteiger partial charge is 0.269 e. The molecule has 0 radical (unpaired) electrons. The van der Waals surface area contributed by atoms with Crippen LogP contribution in [0.1, 0.15) is 12.0 Å². The lowest BCUT2D eigenvalue weighted by atomic mass is 10.1. The summed E-state index contributed by atoms with van der Waals surface area (Å²) in [4.78, 5) is 15.4. The molecule has 0 unspecified atom stereocenters. The first kappa shape index (κ1) is 16.5. The standard InChI is InChI=1S/C19H23N3O2/c23-22(24)19-10-4-6-17(16-19)7-5-11-20-12-14-21(15-13-20)18-8-2-1-3-9-18/h1-4,6,8-10,16H,5,7,11-15H2. The van der Waals surface area contributed by atoms with Crippen LogP contribution in [0.2, 0.25) is 0 Å². The van der Waals surface area contributed by atoms with Crippen molar-refractivity contribution >= 4 is 11.4 Å². The van der Waals surface area contributed by atoms with Crippen LogP contribution >= 0.6 is 0 Å². The molecule has 0 aromatic heterocycles. The highest BCUT2D eigenvalue weighted by molar-refractivity contribution is 5.46. The minimum absolute atomic E-state index is 0.184. The van der Waals surface area contributed by atoms with Crippen LogP contribution in [0.4, 0.5) is 11.4 Å². The third-order valence-corrected chi connectivity index (χ3v) is 4.55. The predicted octanol–water partition coefficient (Wildman–Crippen LogP) is 3.35. The Morgan fingerprint density at radius 2 is 1.71 bits per heavy atom. The molecule has 0 atom stereocenters. The third-order valence-electron chi connectivity index (χ3n) is 4.55. The number of hydrogen-bond acceptors (Lipinski definition) is 4. The summed E-state index contributed by atoms with van der Waals surface area (Å²) < 4.78 is 0. The van der Waals surface area contributed by atoms with Crippen molar-refractivity contribution in [1.29, 1.82) is 0 Å². The third kappa shape index (κ3) is 4.32. The Kier molecular flexibility index (Phi) is 5.43. The molecule has 1 aliphatic rings. The van der Waals surface area contributed by atoms with Gasteiger partial charge in [0.1, 0.15) is 0 Å². The minimum Gasteiger partial charge on any atom is -0.369 e. The molecule has 2 aromatic rings. The van der Waals surface area contributed by atoms with Crippen molar-refractivity contribution in [2.45, 2.75) is 12.8 Å². The number of hydrogen-bond donors (Lipinski definition) is 0. The SMILES string of the molecule is O=[N+]([O-])c1cccc(CCCN2CCN(c3ccccc3)CC2)c1. The highest BCUT2D eigenvalue weighted by Gasteiger charge is 2.16. The molecule has 1 aliphatic heterocycles. The number of piperazine rings is 1. The zero-order chi connectivity index (χ0) is 16.8. The molecule has 0 bridgehead atoms. The lowest BCUT2D eigenvalue weighted by molar-refractivity contribution is -0.384. The van der Waals surface area contributed by atoms with Gasteiger partial charge in [0, 0.05) is 44.0 Å². The van der Waals surface area contributed by atoms with Gasteiger partial charge in [-0.25, -0.2) is 0 Å². The molecule has 5 nitrogen and oxygen atoms in total. The van der Waals surface area contributed by atoms with Gasteiger partial charge in [-0.1, -0.05) is 30.3 Å². The average Bonchev–Trinajstić information content (AvgIpc) is 2.63. The molecule has 0 saturated carbocycles. The van der Waals surface area contributed by atoms with Crippen molar-refractivity contribution in [3.63, 3.8) is 0 Å². The molecule has 1 heterocycles. The molecule has 0 N–H and O–H groups in total.